The van der Waals surface area contributed by atoms with Gasteiger partial charge in [-0.1, -0.05) is 0 Å². The first-order valence-electron chi connectivity index (χ1n) is 5.09. The van der Waals surface area contributed by atoms with Gasteiger partial charge in [-0.15, -0.1) is 12.4 Å². The highest BCUT2D eigenvalue weighted by molar-refractivity contribution is 5.91. The van der Waals surface area contributed by atoms with E-state index in [1.807, 2.05) is 0 Å². The number of halogens is 1. The minimum atomic E-state index is -0.438. The largest absolute Gasteiger partial charge is 0.370 e. The van der Waals surface area contributed by atoms with Crippen LogP contribution in [0, 0.1) is 5.92 Å². The molecule has 0 aromatic carbocycles. The van der Waals surface area contributed by atoms with Gasteiger partial charge >= 0.3 is 0 Å². The fourth-order valence-corrected chi connectivity index (χ4v) is 2.10. The molecular formula is C10H18ClNO2. The van der Waals surface area contributed by atoms with Gasteiger partial charge in [0.25, 0.3) is 0 Å². The Balaban J connectivity index is 0.000000980. The smallest absolute Gasteiger partial charge is 0.167 e. The number of hydrogen-bond acceptors (Lipinski definition) is 3. The zero-order valence-corrected chi connectivity index (χ0v) is 9.36. The van der Waals surface area contributed by atoms with Gasteiger partial charge in [0.1, 0.15) is 5.60 Å². The Kier molecular flexibility index (Phi) is 3.93. The number of ketones is 1. The SMILES string of the molecule is COC1(C(=O)C2CC2)CCNCC1.Cl. The van der Waals surface area contributed by atoms with E-state index < -0.39 is 5.60 Å². The molecule has 14 heavy (non-hydrogen) atoms. The van der Waals surface area contributed by atoms with Crippen LogP contribution in [0.5, 0.6) is 0 Å². The second kappa shape index (κ2) is 4.60. The third kappa shape index (κ3) is 2.10. The molecule has 0 radical (unpaired) electrons. The van der Waals surface area contributed by atoms with E-state index in [1.165, 1.54) is 0 Å². The summed E-state index contributed by atoms with van der Waals surface area (Å²) in [5, 5.41) is 3.26. The number of rotatable bonds is 3. The van der Waals surface area contributed by atoms with Gasteiger partial charge in [0.05, 0.1) is 0 Å². The second-order valence-electron chi connectivity index (χ2n) is 4.09. The van der Waals surface area contributed by atoms with Crippen molar-refractivity contribution in [3.8, 4) is 0 Å². The third-order valence-electron chi connectivity index (χ3n) is 3.20. The summed E-state index contributed by atoms with van der Waals surface area (Å²) in [6.07, 6.45) is 3.85. The van der Waals surface area contributed by atoms with E-state index in [0.717, 1.165) is 38.8 Å². The number of ether oxygens (including phenoxy) is 1. The minimum Gasteiger partial charge on any atom is -0.370 e. The highest BCUT2D eigenvalue weighted by Crippen LogP contribution is 2.38. The molecule has 0 aromatic heterocycles. The molecule has 1 N–H and O–H groups in total. The van der Waals surface area contributed by atoms with Gasteiger partial charge in [0.15, 0.2) is 5.78 Å². The van der Waals surface area contributed by atoms with Gasteiger partial charge in [-0.2, -0.15) is 0 Å². The summed E-state index contributed by atoms with van der Waals surface area (Å²) < 4.78 is 5.45. The summed E-state index contributed by atoms with van der Waals surface area (Å²) in [5.41, 5.74) is -0.438. The molecule has 1 aliphatic carbocycles. The van der Waals surface area contributed by atoms with Crippen molar-refractivity contribution in [2.24, 2.45) is 5.92 Å². The van der Waals surface area contributed by atoms with Gasteiger partial charge in [-0.25, -0.2) is 0 Å². The number of Topliss-reactive ketones (excluding diaryl/α,β-unsaturated/α-hetero) is 1. The standard InChI is InChI=1S/C10H17NO2.ClH/c1-13-10(4-6-11-7-5-10)9(12)8-2-3-8;/h8,11H,2-7H2,1H3;1H. The van der Waals surface area contributed by atoms with Crippen LogP contribution >= 0.6 is 12.4 Å². The molecule has 1 aliphatic heterocycles. The average Bonchev–Trinajstić information content (AvgIpc) is 3.01. The summed E-state index contributed by atoms with van der Waals surface area (Å²) in [6, 6.07) is 0. The van der Waals surface area contributed by atoms with Crippen LogP contribution in [0.3, 0.4) is 0 Å². The van der Waals surface area contributed by atoms with Crippen molar-refractivity contribution in [1.82, 2.24) is 5.32 Å². The van der Waals surface area contributed by atoms with Crippen LogP contribution in [-0.2, 0) is 9.53 Å². The molecule has 0 spiro atoms. The molecule has 1 heterocycles. The monoisotopic (exact) mass is 219 g/mol. The van der Waals surface area contributed by atoms with Crippen LogP contribution in [-0.4, -0.2) is 31.6 Å². The Morgan fingerprint density at radius 1 is 1.36 bits per heavy atom. The van der Waals surface area contributed by atoms with E-state index in [2.05, 4.69) is 5.32 Å². The molecule has 0 aromatic rings. The Labute approximate surface area is 91.0 Å². The maximum Gasteiger partial charge on any atom is 0.167 e. The van der Waals surface area contributed by atoms with E-state index in [9.17, 15) is 4.79 Å². The average molecular weight is 220 g/mol. The van der Waals surface area contributed by atoms with Crippen molar-refractivity contribution in [2.75, 3.05) is 20.2 Å². The molecule has 0 bridgehead atoms. The van der Waals surface area contributed by atoms with Gasteiger partial charge in [-0.05, 0) is 38.8 Å². The molecule has 2 rings (SSSR count). The van der Waals surface area contributed by atoms with Crippen LogP contribution in [0.4, 0.5) is 0 Å². The van der Waals surface area contributed by atoms with Crippen molar-refractivity contribution in [2.45, 2.75) is 31.3 Å². The Bertz CT molecular complexity index is 210. The van der Waals surface area contributed by atoms with E-state index >= 15 is 0 Å². The van der Waals surface area contributed by atoms with Crippen molar-refractivity contribution >= 4 is 18.2 Å². The first-order chi connectivity index (χ1) is 6.28. The van der Waals surface area contributed by atoms with Gasteiger partial charge in [-0.3, -0.25) is 4.79 Å². The molecular weight excluding hydrogens is 202 g/mol. The lowest BCUT2D eigenvalue weighted by molar-refractivity contribution is -0.145. The lowest BCUT2D eigenvalue weighted by Gasteiger charge is -2.34. The van der Waals surface area contributed by atoms with E-state index in [-0.39, 0.29) is 12.4 Å². The number of hydrogen-bond donors (Lipinski definition) is 1. The molecule has 3 nitrogen and oxygen atoms in total. The van der Waals surface area contributed by atoms with Crippen LogP contribution in [0.2, 0.25) is 0 Å². The number of nitrogens with one attached hydrogen (secondary N) is 1. The summed E-state index contributed by atoms with van der Waals surface area (Å²) in [7, 11) is 1.67. The fourth-order valence-electron chi connectivity index (χ4n) is 2.10. The predicted octanol–water partition coefficient (Wildman–Crippen LogP) is 1.16. The summed E-state index contributed by atoms with van der Waals surface area (Å²) in [6.45, 7) is 1.82. The van der Waals surface area contributed by atoms with Gasteiger partial charge in [0, 0.05) is 13.0 Å². The van der Waals surface area contributed by atoms with E-state index in [0.29, 0.717) is 11.7 Å². The maximum absolute atomic E-state index is 12.0. The topological polar surface area (TPSA) is 38.3 Å². The minimum absolute atomic E-state index is 0. The molecule has 0 unspecified atom stereocenters. The maximum atomic E-state index is 12.0. The lowest BCUT2D eigenvalue weighted by Crippen LogP contribution is -2.49. The molecule has 0 amide bonds. The summed E-state index contributed by atoms with van der Waals surface area (Å²) in [5.74, 6) is 0.676. The van der Waals surface area contributed by atoms with Crippen molar-refractivity contribution in [3.63, 3.8) is 0 Å². The zero-order valence-electron chi connectivity index (χ0n) is 8.54. The number of carbonyl (C=O) groups is 1. The third-order valence-corrected chi connectivity index (χ3v) is 3.20. The zero-order chi connectivity index (χ0) is 9.31. The normalized spacial score (nSPS) is 25.2. The quantitative estimate of drug-likeness (QED) is 0.774. The van der Waals surface area contributed by atoms with Crippen molar-refractivity contribution in [3.05, 3.63) is 0 Å². The second-order valence-corrected chi connectivity index (χ2v) is 4.09. The van der Waals surface area contributed by atoms with Crippen LogP contribution in [0.25, 0.3) is 0 Å². The molecule has 2 aliphatic rings. The molecule has 1 saturated heterocycles. The number of piperidine rings is 1. The number of methoxy groups -OCH3 is 1. The Hall–Kier alpha value is -0.120. The summed E-state index contributed by atoms with van der Waals surface area (Å²) >= 11 is 0. The first kappa shape index (κ1) is 12.0. The lowest BCUT2D eigenvalue weighted by atomic mass is 9.85. The summed E-state index contributed by atoms with van der Waals surface area (Å²) in [4.78, 5) is 12.0. The van der Waals surface area contributed by atoms with E-state index in [4.69, 9.17) is 4.74 Å². The molecule has 1 saturated carbocycles. The van der Waals surface area contributed by atoms with Crippen LogP contribution < -0.4 is 5.32 Å². The van der Waals surface area contributed by atoms with Crippen LogP contribution in [0.1, 0.15) is 25.7 Å². The number of carbonyl (C=O) groups excluding carboxylic acids is 1. The van der Waals surface area contributed by atoms with Crippen LogP contribution in [0.15, 0.2) is 0 Å². The Morgan fingerprint density at radius 2 is 1.93 bits per heavy atom. The molecule has 0 atom stereocenters. The highest BCUT2D eigenvalue weighted by Gasteiger charge is 2.46. The van der Waals surface area contributed by atoms with E-state index in [1.54, 1.807) is 7.11 Å². The Morgan fingerprint density at radius 3 is 2.36 bits per heavy atom. The molecule has 82 valence electrons. The first-order valence-corrected chi connectivity index (χ1v) is 5.09. The van der Waals surface area contributed by atoms with Crippen molar-refractivity contribution in [1.29, 1.82) is 0 Å². The highest BCUT2D eigenvalue weighted by atomic mass is 35.5. The molecule has 2 fully saturated rings. The fraction of sp³-hybridized carbons (Fsp3) is 0.900. The van der Waals surface area contributed by atoms with Crippen molar-refractivity contribution < 1.29 is 9.53 Å². The predicted molar refractivity (Wildman–Crippen MR) is 56.8 cm³/mol. The van der Waals surface area contributed by atoms with Gasteiger partial charge < -0.3 is 10.1 Å². The molecule has 4 heteroatoms. The van der Waals surface area contributed by atoms with Gasteiger partial charge in [0.2, 0.25) is 0 Å².